The summed E-state index contributed by atoms with van der Waals surface area (Å²) in [7, 11) is 1.69. The van der Waals surface area contributed by atoms with Crippen molar-refractivity contribution in [2.45, 2.75) is 25.8 Å². The average molecular weight is 337 g/mol. The molecule has 0 bridgehead atoms. The summed E-state index contributed by atoms with van der Waals surface area (Å²) >= 11 is 0. The van der Waals surface area contributed by atoms with Crippen LogP contribution < -0.4 is 10.2 Å². The zero-order valence-electron chi connectivity index (χ0n) is 14.6. The Hall–Kier alpha value is -1.66. The molecule has 0 saturated carbocycles. The number of hydrogen-bond acceptors (Lipinski definition) is 4. The summed E-state index contributed by atoms with van der Waals surface area (Å²) in [5.74, 6) is -0.129. The van der Waals surface area contributed by atoms with Crippen molar-refractivity contribution in [2.24, 2.45) is 0 Å². The maximum atomic E-state index is 13.0. The molecule has 1 heterocycles. The second-order valence-corrected chi connectivity index (χ2v) is 6.17. The number of nitrogens with zero attached hydrogens (tertiary/aromatic N) is 2. The molecule has 1 amide bonds. The number of methoxy groups -OCH3 is 1. The number of piperazine rings is 1. The van der Waals surface area contributed by atoms with E-state index in [1.54, 1.807) is 19.2 Å². The Balaban J connectivity index is 1.72. The molecule has 1 aliphatic rings. The van der Waals surface area contributed by atoms with Crippen LogP contribution in [0.1, 0.15) is 19.8 Å². The van der Waals surface area contributed by atoms with Gasteiger partial charge in [-0.15, -0.1) is 0 Å². The molecule has 1 saturated heterocycles. The van der Waals surface area contributed by atoms with Gasteiger partial charge in [-0.05, 0) is 44.0 Å². The number of hydrogen-bond donors (Lipinski definition) is 1. The molecule has 24 heavy (non-hydrogen) atoms. The van der Waals surface area contributed by atoms with Gasteiger partial charge in [0.15, 0.2) is 0 Å². The van der Waals surface area contributed by atoms with E-state index < -0.39 is 0 Å². The van der Waals surface area contributed by atoms with Crippen LogP contribution in [-0.2, 0) is 9.53 Å². The van der Waals surface area contributed by atoms with E-state index in [0.29, 0.717) is 6.54 Å². The highest BCUT2D eigenvalue weighted by molar-refractivity contribution is 5.81. The van der Waals surface area contributed by atoms with Gasteiger partial charge < -0.3 is 15.0 Å². The summed E-state index contributed by atoms with van der Waals surface area (Å²) in [5.41, 5.74) is 1.03. The number of ether oxygens (including phenoxy) is 1. The van der Waals surface area contributed by atoms with Crippen LogP contribution in [0.4, 0.5) is 10.1 Å². The Morgan fingerprint density at radius 3 is 2.50 bits per heavy atom. The number of anilines is 1. The van der Waals surface area contributed by atoms with Crippen molar-refractivity contribution < 1.29 is 13.9 Å². The summed E-state index contributed by atoms with van der Waals surface area (Å²) in [4.78, 5) is 16.7. The standard InChI is InChI=1S/C18H28FN3O2/c1-15(18(23)20-9-3-4-14-24-2)21-10-12-22(13-11-21)17-7-5-16(19)6-8-17/h5-8,15H,3-4,9-14H2,1-2H3,(H,20,23)/t15-/m1/s1. The van der Waals surface area contributed by atoms with Gasteiger partial charge in [-0.2, -0.15) is 0 Å². The minimum Gasteiger partial charge on any atom is -0.385 e. The first-order valence-electron chi connectivity index (χ1n) is 8.63. The first-order valence-corrected chi connectivity index (χ1v) is 8.63. The molecule has 1 fully saturated rings. The van der Waals surface area contributed by atoms with Crippen molar-refractivity contribution in [3.63, 3.8) is 0 Å². The molecule has 2 rings (SSSR count). The van der Waals surface area contributed by atoms with Crippen LogP contribution >= 0.6 is 0 Å². The fourth-order valence-electron chi connectivity index (χ4n) is 2.92. The molecule has 1 atom stereocenters. The lowest BCUT2D eigenvalue weighted by atomic mass is 10.2. The maximum Gasteiger partial charge on any atom is 0.237 e. The quantitative estimate of drug-likeness (QED) is 0.736. The third kappa shape index (κ3) is 5.46. The number of carbonyl (C=O) groups is 1. The van der Waals surface area contributed by atoms with Crippen molar-refractivity contribution in [1.29, 1.82) is 0 Å². The van der Waals surface area contributed by atoms with Gasteiger partial charge >= 0.3 is 0 Å². The molecule has 0 aliphatic carbocycles. The fourth-order valence-corrected chi connectivity index (χ4v) is 2.92. The predicted molar refractivity (Wildman–Crippen MR) is 93.8 cm³/mol. The van der Waals surface area contributed by atoms with Crippen LogP contribution in [0.25, 0.3) is 0 Å². The molecule has 0 spiro atoms. The van der Waals surface area contributed by atoms with E-state index in [1.807, 2.05) is 6.92 Å². The highest BCUT2D eigenvalue weighted by atomic mass is 19.1. The lowest BCUT2D eigenvalue weighted by molar-refractivity contribution is -0.126. The van der Waals surface area contributed by atoms with E-state index in [-0.39, 0.29) is 17.8 Å². The average Bonchev–Trinajstić information content (AvgIpc) is 2.61. The highest BCUT2D eigenvalue weighted by Gasteiger charge is 2.25. The molecule has 0 aromatic heterocycles. The van der Waals surface area contributed by atoms with Crippen LogP contribution in [0.3, 0.4) is 0 Å². The maximum absolute atomic E-state index is 13.0. The Morgan fingerprint density at radius 2 is 1.88 bits per heavy atom. The van der Waals surface area contributed by atoms with Crippen LogP contribution in [0.2, 0.25) is 0 Å². The molecule has 0 unspecified atom stereocenters. The molecule has 134 valence electrons. The lowest BCUT2D eigenvalue weighted by Gasteiger charge is -2.38. The molecule has 0 radical (unpaired) electrons. The van der Waals surface area contributed by atoms with Gasteiger partial charge in [0.2, 0.25) is 5.91 Å². The Morgan fingerprint density at radius 1 is 1.21 bits per heavy atom. The number of unbranched alkanes of at least 4 members (excludes halogenated alkanes) is 1. The Kier molecular flexibility index (Phi) is 7.46. The van der Waals surface area contributed by atoms with Gasteiger partial charge in [0.05, 0.1) is 6.04 Å². The van der Waals surface area contributed by atoms with E-state index in [1.165, 1.54) is 12.1 Å². The number of rotatable bonds is 8. The number of benzene rings is 1. The molecule has 1 aromatic rings. The smallest absolute Gasteiger partial charge is 0.237 e. The van der Waals surface area contributed by atoms with E-state index in [4.69, 9.17) is 4.74 Å². The molecule has 1 N–H and O–H groups in total. The van der Waals surface area contributed by atoms with Crippen molar-refractivity contribution in [3.8, 4) is 0 Å². The van der Waals surface area contributed by atoms with E-state index in [2.05, 4.69) is 15.1 Å². The van der Waals surface area contributed by atoms with E-state index >= 15 is 0 Å². The normalized spacial score (nSPS) is 16.9. The number of amides is 1. The van der Waals surface area contributed by atoms with Crippen LogP contribution in [-0.4, -0.2) is 63.3 Å². The van der Waals surface area contributed by atoms with E-state index in [9.17, 15) is 9.18 Å². The second kappa shape index (κ2) is 9.59. The summed E-state index contributed by atoms with van der Waals surface area (Å²) < 4.78 is 18.0. The summed E-state index contributed by atoms with van der Waals surface area (Å²) in [6, 6.07) is 6.47. The number of carbonyl (C=O) groups excluding carboxylic acids is 1. The van der Waals surface area contributed by atoms with Gasteiger partial charge in [-0.3, -0.25) is 9.69 Å². The summed E-state index contributed by atoms with van der Waals surface area (Å²) in [6.45, 7) is 6.73. The third-order valence-electron chi connectivity index (χ3n) is 4.51. The van der Waals surface area contributed by atoms with Gasteiger partial charge in [0.25, 0.3) is 0 Å². The fraction of sp³-hybridized carbons (Fsp3) is 0.611. The molecule has 1 aliphatic heterocycles. The van der Waals surface area contributed by atoms with Gasteiger partial charge in [-0.1, -0.05) is 0 Å². The molecular formula is C18H28FN3O2. The van der Waals surface area contributed by atoms with Gasteiger partial charge in [0, 0.05) is 52.1 Å². The summed E-state index contributed by atoms with van der Waals surface area (Å²) in [6.07, 6.45) is 1.89. The van der Waals surface area contributed by atoms with Gasteiger partial charge in [0.1, 0.15) is 5.82 Å². The minimum absolute atomic E-state index is 0.0858. The monoisotopic (exact) mass is 337 g/mol. The number of halogens is 1. The van der Waals surface area contributed by atoms with Crippen LogP contribution in [0.15, 0.2) is 24.3 Å². The van der Waals surface area contributed by atoms with E-state index in [0.717, 1.165) is 51.3 Å². The zero-order chi connectivity index (χ0) is 17.4. The van der Waals surface area contributed by atoms with Gasteiger partial charge in [-0.25, -0.2) is 4.39 Å². The second-order valence-electron chi connectivity index (χ2n) is 6.17. The molecule has 1 aromatic carbocycles. The number of nitrogens with one attached hydrogen (secondary N) is 1. The first kappa shape index (κ1) is 18.7. The Bertz CT molecular complexity index is 501. The first-order chi connectivity index (χ1) is 11.6. The van der Waals surface area contributed by atoms with Crippen LogP contribution in [0, 0.1) is 5.82 Å². The molecular weight excluding hydrogens is 309 g/mol. The van der Waals surface area contributed by atoms with Crippen LogP contribution in [0.5, 0.6) is 0 Å². The van der Waals surface area contributed by atoms with Crippen molar-refractivity contribution in [1.82, 2.24) is 10.2 Å². The minimum atomic E-state index is -0.215. The highest BCUT2D eigenvalue weighted by Crippen LogP contribution is 2.17. The predicted octanol–water partition coefficient (Wildman–Crippen LogP) is 1.88. The SMILES string of the molecule is COCCCCNC(=O)[C@@H](C)N1CCN(c2ccc(F)cc2)CC1. The third-order valence-corrected chi connectivity index (χ3v) is 4.51. The zero-order valence-corrected chi connectivity index (χ0v) is 14.6. The lowest BCUT2D eigenvalue weighted by Crippen LogP contribution is -2.54. The molecule has 6 heteroatoms. The largest absolute Gasteiger partial charge is 0.385 e. The van der Waals surface area contributed by atoms with Crippen molar-refractivity contribution >= 4 is 11.6 Å². The topological polar surface area (TPSA) is 44.8 Å². The summed E-state index contributed by atoms with van der Waals surface area (Å²) in [5, 5.41) is 3.00. The van der Waals surface area contributed by atoms with Crippen molar-refractivity contribution in [2.75, 3.05) is 51.3 Å². The Labute approximate surface area is 143 Å². The van der Waals surface area contributed by atoms with Crippen molar-refractivity contribution in [3.05, 3.63) is 30.1 Å². The molecule has 5 nitrogen and oxygen atoms in total.